The van der Waals surface area contributed by atoms with Gasteiger partial charge < -0.3 is 10.6 Å². The molecule has 1 fully saturated rings. The summed E-state index contributed by atoms with van der Waals surface area (Å²) in [5.74, 6) is 0.791. The minimum absolute atomic E-state index is 0.0242. The minimum Gasteiger partial charge on any atom is -0.314 e. The second kappa shape index (κ2) is 6.16. The van der Waals surface area contributed by atoms with Crippen molar-refractivity contribution >= 4 is 11.7 Å². The number of nitrogens with one attached hydrogen (secondary N) is 2. The van der Waals surface area contributed by atoms with E-state index in [4.69, 9.17) is 0 Å². The summed E-state index contributed by atoms with van der Waals surface area (Å²) in [5, 5.41) is 10.5. The summed E-state index contributed by atoms with van der Waals surface area (Å²) in [7, 11) is 0. The molecule has 2 rings (SSSR count). The molecule has 1 aliphatic heterocycles. The third-order valence-electron chi connectivity index (χ3n) is 3.41. The summed E-state index contributed by atoms with van der Waals surface area (Å²) in [6.45, 7) is 9.46. The molecule has 0 saturated carbocycles. The van der Waals surface area contributed by atoms with E-state index in [1.165, 1.54) is 0 Å². The largest absolute Gasteiger partial charge is 0.314 e. The van der Waals surface area contributed by atoms with Gasteiger partial charge in [0.2, 0.25) is 5.91 Å². The number of piperazine rings is 1. The van der Waals surface area contributed by atoms with Crippen LogP contribution in [-0.2, 0) is 4.79 Å². The van der Waals surface area contributed by atoms with Gasteiger partial charge in [0, 0.05) is 37.8 Å². The smallest absolute Gasteiger partial charge is 0.239 e. The molecule has 0 aromatic carbocycles. The molecule has 1 amide bonds. The SMILES string of the molecule is CC(C)n1nccc1NC(=O)CN1CCNC[C@H]1C. The fourth-order valence-electron chi connectivity index (χ4n) is 2.31. The molecule has 1 aliphatic rings. The number of nitrogens with zero attached hydrogens (tertiary/aromatic N) is 3. The lowest BCUT2D eigenvalue weighted by Gasteiger charge is -2.33. The average Bonchev–Trinajstić information content (AvgIpc) is 2.80. The van der Waals surface area contributed by atoms with E-state index in [0.29, 0.717) is 12.6 Å². The number of rotatable bonds is 4. The summed E-state index contributed by atoms with van der Waals surface area (Å²) >= 11 is 0. The molecule has 19 heavy (non-hydrogen) atoms. The summed E-state index contributed by atoms with van der Waals surface area (Å²) in [6, 6.07) is 2.47. The van der Waals surface area contributed by atoms with Crippen LogP contribution in [0.4, 0.5) is 5.82 Å². The van der Waals surface area contributed by atoms with Crippen molar-refractivity contribution in [3.63, 3.8) is 0 Å². The van der Waals surface area contributed by atoms with Crippen LogP contribution in [0.2, 0.25) is 0 Å². The molecule has 1 aromatic heterocycles. The highest BCUT2D eigenvalue weighted by Gasteiger charge is 2.20. The monoisotopic (exact) mass is 265 g/mol. The van der Waals surface area contributed by atoms with Crippen LogP contribution in [-0.4, -0.2) is 52.8 Å². The van der Waals surface area contributed by atoms with Crippen molar-refractivity contribution < 1.29 is 4.79 Å². The Hall–Kier alpha value is -1.40. The van der Waals surface area contributed by atoms with Gasteiger partial charge in [-0.05, 0) is 20.8 Å². The number of aromatic nitrogens is 2. The molecule has 2 heterocycles. The van der Waals surface area contributed by atoms with Gasteiger partial charge in [-0.25, -0.2) is 4.68 Å². The van der Waals surface area contributed by atoms with Crippen molar-refractivity contribution in [3.8, 4) is 0 Å². The van der Waals surface area contributed by atoms with Crippen LogP contribution in [0.3, 0.4) is 0 Å². The van der Waals surface area contributed by atoms with Gasteiger partial charge >= 0.3 is 0 Å². The lowest BCUT2D eigenvalue weighted by atomic mass is 10.2. The third kappa shape index (κ3) is 3.54. The van der Waals surface area contributed by atoms with Gasteiger partial charge in [0.1, 0.15) is 5.82 Å². The number of carbonyl (C=O) groups is 1. The van der Waals surface area contributed by atoms with Crippen LogP contribution < -0.4 is 10.6 Å². The fourth-order valence-corrected chi connectivity index (χ4v) is 2.31. The molecular weight excluding hydrogens is 242 g/mol. The molecule has 6 nitrogen and oxygen atoms in total. The van der Waals surface area contributed by atoms with E-state index in [2.05, 4.69) is 27.6 Å². The number of anilines is 1. The maximum absolute atomic E-state index is 12.1. The molecule has 6 heteroatoms. The molecule has 2 N–H and O–H groups in total. The molecule has 0 aliphatic carbocycles. The van der Waals surface area contributed by atoms with Crippen LogP contribution in [0.1, 0.15) is 26.8 Å². The van der Waals surface area contributed by atoms with Crippen LogP contribution in [0.25, 0.3) is 0 Å². The predicted molar refractivity (Wildman–Crippen MR) is 75.1 cm³/mol. The molecular formula is C13H23N5O. The van der Waals surface area contributed by atoms with Gasteiger partial charge in [-0.2, -0.15) is 5.10 Å². The van der Waals surface area contributed by atoms with Gasteiger partial charge in [-0.3, -0.25) is 9.69 Å². The lowest BCUT2D eigenvalue weighted by Crippen LogP contribution is -2.52. The maximum Gasteiger partial charge on any atom is 0.239 e. The molecule has 0 bridgehead atoms. The molecule has 0 unspecified atom stereocenters. The minimum atomic E-state index is 0.0242. The lowest BCUT2D eigenvalue weighted by molar-refractivity contribution is -0.118. The zero-order valence-corrected chi connectivity index (χ0v) is 11.9. The van der Waals surface area contributed by atoms with Gasteiger partial charge in [0.05, 0.1) is 12.7 Å². The summed E-state index contributed by atoms with van der Waals surface area (Å²) < 4.78 is 1.82. The topological polar surface area (TPSA) is 62.2 Å². The molecule has 0 radical (unpaired) electrons. The van der Waals surface area contributed by atoms with E-state index in [0.717, 1.165) is 25.5 Å². The highest BCUT2D eigenvalue weighted by atomic mass is 16.2. The number of amides is 1. The summed E-state index contributed by atoms with van der Waals surface area (Å²) in [6.07, 6.45) is 1.71. The van der Waals surface area contributed by atoms with Crippen molar-refractivity contribution in [2.75, 3.05) is 31.5 Å². The first-order valence-corrected chi connectivity index (χ1v) is 6.86. The second-order valence-corrected chi connectivity index (χ2v) is 5.33. The molecule has 1 saturated heterocycles. The Balaban J connectivity index is 1.92. The Morgan fingerprint density at radius 3 is 3.11 bits per heavy atom. The zero-order chi connectivity index (χ0) is 13.8. The Morgan fingerprint density at radius 2 is 2.42 bits per heavy atom. The first kappa shape index (κ1) is 14.0. The Morgan fingerprint density at radius 1 is 1.63 bits per heavy atom. The van der Waals surface area contributed by atoms with Gasteiger partial charge in [0.25, 0.3) is 0 Å². The average molecular weight is 265 g/mol. The van der Waals surface area contributed by atoms with E-state index in [1.807, 2.05) is 24.6 Å². The van der Waals surface area contributed by atoms with Gasteiger partial charge in [0.15, 0.2) is 0 Å². The predicted octanol–water partition coefficient (Wildman–Crippen LogP) is 0.696. The normalized spacial score (nSPS) is 20.7. The zero-order valence-electron chi connectivity index (χ0n) is 11.9. The van der Waals surface area contributed by atoms with Crippen LogP contribution in [0.5, 0.6) is 0 Å². The van der Waals surface area contributed by atoms with Gasteiger partial charge in [-0.15, -0.1) is 0 Å². The molecule has 1 atom stereocenters. The number of hydrogen-bond donors (Lipinski definition) is 2. The molecule has 106 valence electrons. The highest BCUT2D eigenvalue weighted by Crippen LogP contribution is 2.13. The Labute approximate surface area is 114 Å². The van der Waals surface area contributed by atoms with E-state index < -0.39 is 0 Å². The summed E-state index contributed by atoms with van der Waals surface area (Å²) in [4.78, 5) is 14.3. The van der Waals surface area contributed by atoms with Crippen LogP contribution in [0.15, 0.2) is 12.3 Å². The quantitative estimate of drug-likeness (QED) is 0.841. The second-order valence-electron chi connectivity index (χ2n) is 5.33. The number of hydrogen-bond acceptors (Lipinski definition) is 4. The first-order valence-electron chi connectivity index (χ1n) is 6.86. The third-order valence-corrected chi connectivity index (χ3v) is 3.41. The van der Waals surface area contributed by atoms with Crippen molar-refractivity contribution in [3.05, 3.63) is 12.3 Å². The highest BCUT2D eigenvalue weighted by molar-refractivity contribution is 5.91. The standard InChI is InChI=1S/C13H23N5O/c1-10(2)18-12(4-5-15-18)16-13(19)9-17-7-6-14-8-11(17)3/h4-5,10-11,14H,6-9H2,1-3H3,(H,16,19)/t11-/m1/s1. The Bertz CT molecular complexity index is 428. The number of carbonyl (C=O) groups excluding carboxylic acids is 1. The van der Waals surface area contributed by atoms with Crippen molar-refractivity contribution in [2.45, 2.75) is 32.9 Å². The molecule has 0 spiro atoms. The Kier molecular flexibility index (Phi) is 4.55. The van der Waals surface area contributed by atoms with Gasteiger partial charge in [-0.1, -0.05) is 0 Å². The molecule has 1 aromatic rings. The first-order chi connectivity index (χ1) is 9.08. The van der Waals surface area contributed by atoms with E-state index in [9.17, 15) is 4.79 Å². The van der Waals surface area contributed by atoms with E-state index >= 15 is 0 Å². The van der Waals surface area contributed by atoms with Crippen LogP contribution in [0, 0.1) is 0 Å². The van der Waals surface area contributed by atoms with Crippen molar-refractivity contribution in [1.29, 1.82) is 0 Å². The van der Waals surface area contributed by atoms with Crippen molar-refractivity contribution in [2.24, 2.45) is 0 Å². The van der Waals surface area contributed by atoms with Crippen molar-refractivity contribution in [1.82, 2.24) is 20.0 Å². The van der Waals surface area contributed by atoms with Crippen LogP contribution >= 0.6 is 0 Å². The van der Waals surface area contributed by atoms with E-state index in [-0.39, 0.29) is 11.9 Å². The van der Waals surface area contributed by atoms with E-state index in [1.54, 1.807) is 6.20 Å². The summed E-state index contributed by atoms with van der Waals surface area (Å²) in [5.41, 5.74) is 0. The maximum atomic E-state index is 12.1. The fraction of sp³-hybridized carbons (Fsp3) is 0.692.